The van der Waals surface area contributed by atoms with Gasteiger partial charge in [-0.2, -0.15) is 4.98 Å². The van der Waals surface area contributed by atoms with Crippen molar-refractivity contribution in [2.24, 2.45) is 5.92 Å². The molecule has 0 saturated heterocycles. The number of hydrogen-bond donors (Lipinski definition) is 4. The molecule has 2 heterocycles. The molecule has 3 aromatic rings. The predicted octanol–water partition coefficient (Wildman–Crippen LogP) is 5.80. The molecular weight excluding hydrogens is 464 g/mol. The predicted molar refractivity (Wildman–Crippen MR) is 147 cm³/mol. The highest BCUT2D eigenvalue weighted by Gasteiger charge is 2.21. The van der Waals surface area contributed by atoms with Crippen LogP contribution in [0.4, 0.5) is 23.3 Å². The van der Waals surface area contributed by atoms with Crippen molar-refractivity contribution >= 4 is 29.2 Å². The summed E-state index contributed by atoms with van der Waals surface area (Å²) in [5, 5.41) is 19.5. The smallest absolute Gasteiger partial charge is 0.256 e. The number of rotatable bonds is 9. The number of hydrogen-bond acceptors (Lipinski definition) is 7. The van der Waals surface area contributed by atoms with E-state index < -0.39 is 5.60 Å². The van der Waals surface area contributed by atoms with E-state index in [1.165, 1.54) is 37.4 Å². The third-order valence-electron chi connectivity index (χ3n) is 6.72. The van der Waals surface area contributed by atoms with Crippen LogP contribution in [0.2, 0.25) is 0 Å². The summed E-state index contributed by atoms with van der Waals surface area (Å²) in [5.41, 5.74) is 1.89. The molecule has 37 heavy (non-hydrogen) atoms. The number of aliphatic hydroxyl groups is 1. The van der Waals surface area contributed by atoms with Crippen LogP contribution in [0.25, 0.3) is 0 Å². The zero-order chi connectivity index (χ0) is 26.4. The van der Waals surface area contributed by atoms with Crippen LogP contribution in [-0.4, -0.2) is 32.5 Å². The van der Waals surface area contributed by atoms with Gasteiger partial charge in [0.05, 0.1) is 5.69 Å². The van der Waals surface area contributed by atoms with Crippen LogP contribution in [0.1, 0.15) is 74.0 Å². The van der Waals surface area contributed by atoms with E-state index in [0.717, 1.165) is 11.6 Å². The van der Waals surface area contributed by atoms with Crippen LogP contribution in [0.3, 0.4) is 0 Å². The number of anilines is 4. The van der Waals surface area contributed by atoms with Crippen LogP contribution >= 0.6 is 0 Å². The van der Waals surface area contributed by atoms with Gasteiger partial charge < -0.3 is 21.1 Å². The van der Waals surface area contributed by atoms with Crippen molar-refractivity contribution in [1.82, 2.24) is 20.3 Å². The molecule has 1 amide bonds. The number of aromatic nitrogens is 3. The van der Waals surface area contributed by atoms with Gasteiger partial charge >= 0.3 is 0 Å². The summed E-state index contributed by atoms with van der Waals surface area (Å²) in [6.45, 7) is 9.63. The number of carbonyl (C=O) groups excluding carboxylic acids is 1. The molecule has 0 bridgehead atoms. The number of nitrogens with one attached hydrogen (secondary N) is 3. The van der Waals surface area contributed by atoms with Crippen molar-refractivity contribution < 1.29 is 9.90 Å². The normalized spacial score (nSPS) is 17.6. The average molecular weight is 501 g/mol. The minimum Gasteiger partial charge on any atom is -0.384 e. The van der Waals surface area contributed by atoms with E-state index in [0.29, 0.717) is 35.7 Å². The van der Waals surface area contributed by atoms with Gasteiger partial charge in [0.15, 0.2) is 0 Å². The molecule has 1 fully saturated rings. The molecule has 1 aromatic carbocycles. The van der Waals surface area contributed by atoms with E-state index in [4.69, 9.17) is 0 Å². The molecular formula is C29H36N6O2. The lowest BCUT2D eigenvalue weighted by Crippen LogP contribution is -2.25. The van der Waals surface area contributed by atoms with E-state index >= 15 is 0 Å². The molecule has 0 atom stereocenters. The summed E-state index contributed by atoms with van der Waals surface area (Å²) in [6.07, 6.45) is 8.14. The Morgan fingerprint density at radius 3 is 2.49 bits per heavy atom. The van der Waals surface area contributed by atoms with E-state index in [9.17, 15) is 9.90 Å². The van der Waals surface area contributed by atoms with E-state index in [-0.39, 0.29) is 11.5 Å². The van der Waals surface area contributed by atoms with Gasteiger partial charge in [-0.25, -0.2) is 9.97 Å². The summed E-state index contributed by atoms with van der Waals surface area (Å²) in [5.74, 6) is 2.21. The van der Waals surface area contributed by atoms with Crippen LogP contribution < -0.4 is 16.0 Å². The van der Waals surface area contributed by atoms with Gasteiger partial charge in [0.25, 0.3) is 5.91 Å². The standard InChI is InChI=1S/C29H36N6O2/c1-5-17-30-27(36)23-18-31-28(35-26(23)34-25-8-6-7-24(33-25)29(3,4)37)32-22-15-13-21(14-16-22)20-11-9-19(2)10-12-20/h5-8,13-16,18-20,37H,1,9-12,17H2,2-4H3,(H,30,36)(H2,31,32,33,34,35). The first kappa shape index (κ1) is 26.3. The van der Waals surface area contributed by atoms with Gasteiger partial charge in [-0.1, -0.05) is 44.0 Å². The highest BCUT2D eigenvalue weighted by Crippen LogP contribution is 2.36. The van der Waals surface area contributed by atoms with Crippen molar-refractivity contribution in [1.29, 1.82) is 0 Å². The Kier molecular flexibility index (Phi) is 8.18. The minimum atomic E-state index is -1.11. The Labute approximate surface area is 218 Å². The highest BCUT2D eigenvalue weighted by atomic mass is 16.3. The van der Waals surface area contributed by atoms with Crippen molar-refractivity contribution in [3.63, 3.8) is 0 Å². The summed E-state index contributed by atoms with van der Waals surface area (Å²) in [4.78, 5) is 26.2. The molecule has 4 N–H and O–H groups in total. The van der Waals surface area contributed by atoms with Gasteiger partial charge in [0.2, 0.25) is 5.95 Å². The van der Waals surface area contributed by atoms with Crippen molar-refractivity contribution in [2.75, 3.05) is 17.2 Å². The lowest BCUT2D eigenvalue weighted by molar-refractivity contribution is 0.0740. The molecule has 1 aliphatic rings. The molecule has 0 aliphatic heterocycles. The van der Waals surface area contributed by atoms with Gasteiger partial charge in [-0.15, -0.1) is 6.58 Å². The molecule has 0 unspecified atom stereocenters. The molecule has 1 saturated carbocycles. The maximum Gasteiger partial charge on any atom is 0.256 e. The van der Waals surface area contributed by atoms with Crippen LogP contribution in [0.5, 0.6) is 0 Å². The first-order valence-electron chi connectivity index (χ1n) is 12.8. The van der Waals surface area contributed by atoms with Gasteiger partial charge in [-0.3, -0.25) is 4.79 Å². The Balaban J connectivity index is 1.56. The molecule has 194 valence electrons. The number of carbonyl (C=O) groups is 1. The van der Waals surface area contributed by atoms with Crippen LogP contribution in [-0.2, 0) is 5.60 Å². The molecule has 8 heteroatoms. The quantitative estimate of drug-likeness (QED) is 0.275. The Bertz CT molecular complexity index is 1230. The van der Waals surface area contributed by atoms with E-state index in [1.807, 2.05) is 12.1 Å². The van der Waals surface area contributed by atoms with Gasteiger partial charge in [0.1, 0.15) is 22.8 Å². The van der Waals surface area contributed by atoms with Gasteiger partial charge in [0, 0.05) is 18.4 Å². The fraction of sp³-hybridized carbons (Fsp3) is 0.379. The second kappa shape index (κ2) is 11.5. The van der Waals surface area contributed by atoms with E-state index in [2.05, 4.69) is 56.5 Å². The summed E-state index contributed by atoms with van der Waals surface area (Å²) in [6, 6.07) is 13.7. The van der Waals surface area contributed by atoms with Gasteiger partial charge in [-0.05, 0) is 68.4 Å². The van der Waals surface area contributed by atoms with Crippen molar-refractivity contribution in [3.05, 3.63) is 78.1 Å². The SMILES string of the molecule is C=CCNC(=O)c1cnc(Nc2ccc(C3CCC(C)CC3)cc2)nc1Nc1cccc(C(C)(C)O)n1. The number of amides is 1. The van der Waals surface area contributed by atoms with Crippen LogP contribution in [0, 0.1) is 5.92 Å². The van der Waals surface area contributed by atoms with Crippen LogP contribution in [0.15, 0.2) is 61.3 Å². The monoisotopic (exact) mass is 500 g/mol. The van der Waals surface area contributed by atoms with E-state index in [1.54, 1.807) is 38.1 Å². The first-order chi connectivity index (χ1) is 17.7. The number of nitrogens with zero attached hydrogens (tertiary/aromatic N) is 3. The lowest BCUT2D eigenvalue weighted by atomic mass is 9.79. The zero-order valence-electron chi connectivity index (χ0n) is 21.8. The molecule has 2 aromatic heterocycles. The Morgan fingerprint density at radius 2 is 1.81 bits per heavy atom. The second-order valence-electron chi connectivity index (χ2n) is 10.3. The van der Waals surface area contributed by atoms with Crippen molar-refractivity contribution in [3.8, 4) is 0 Å². The molecule has 0 radical (unpaired) electrons. The topological polar surface area (TPSA) is 112 Å². The first-order valence-corrected chi connectivity index (χ1v) is 12.8. The number of pyridine rings is 1. The fourth-order valence-corrected chi connectivity index (χ4v) is 4.49. The van der Waals surface area contributed by atoms with Crippen molar-refractivity contribution in [2.45, 2.75) is 58.0 Å². The maximum atomic E-state index is 12.8. The largest absolute Gasteiger partial charge is 0.384 e. The lowest BCUT2D eigenvalue weighted by Gasteiger charge is -2.26. The Morgan fingerprint density at radius 1 is 1.08 bits per heavy atom. The third kappa shape index (κ3) is 6.92. The second-order valence-corrected chi connectivity index (χ2v) is 10.3. The Hall–Kier alpha value is -3.78. The summed E-state index contributed by atoms with van der Waals surface area (Å²) < 4.78 is 0. The zero-order valence-corrected chi connectivity index (χ0v) is 21.8. The molecule has 8 nitrogen and oxygen atoms in total. The highest BCUT2D eigenvalue weighted by molar-refractivity contribution is 5.99. The fourth-order valence-electron chi connectivity index (χ4n) is 4.49. The molecule has 1 aliphatic carbocycles. The third-order valence-corrected chi connectivity index (χ3v) is 6.72. The number of benzene rings is 1. The summed E-state index contributed by atoms with van der Waals surface area (Å²) in [7, 11) is 0. The average Bonchev–Trinajstić information content (AvgIpc) is 2.88. The molecule has 4 rings (SSSR count). The molecule has 0 spiro atoms. The summed E-state index contributed by atoms with van der Waals surface area (Å²) >= 11 is 0. The maximum absolute atomic E-state index is 12.8. The minimum absolute atomic E-state index is 0.268.